The van der Waals surface area contributed by atoms with Gasteiger partial charge in [0, 0.05) is 36.5 Å². The predicted octanol–water partition coefficient (Wildman–Crippen LogP) is 5.71. The van der Waals surface area contributed by atoms with Crippen LogP contribution in [-0.4, -0.2) is 73.0 Å². The van der Waals surface area contributed by atoms with E-state index in [1.165, 1.54) is 11.3 Å². The lowest BCUT2D eigenvalue weighted by atomic mass is 9.98. The number of nitrogens with one attached hydrogen (secondary N) is 2. The molecule has 1 aliphatic heterocycles. The van der Waals surface area contributed by atoms with Crippen molar-refractivity contribution in [3.05, 3.63) is 70.1 Å². The molecule has 3 aromatic heterocycles. The van der Waals surface area contributed by atoms with Gasteiger partial charge in [0.15, 0.2) is 0 Å². The van der Waals surface area contributed by atoms with Crippen LogP contribution < -0.4 is 10.6 Å². The van der Waals surface area contributed by atoms with Crippen molar-refractivity contribution in [2.45, 2.75) is 78.7 Å². The molecule has 2 amide bonds. The van der Waals surface area contributed by atoms with E-state index in [1.54, 1.807) is 28.2 Å². The van der Waals surface area contributed by atoms with E-state index < -0.39 is 5.60 Å². The fourth-order valence-corrected chi connectivity index (χ4v) is 5.70. The van der Waals surface area contributed by atoms with Crippen molar-refractivity contribution in [3.8, 4) is 11.3 Å². The Kier molecular flexibility index (Phi) is 9.73. The van der Waals surface area contributed by atoms with Gasteiger partial charge in [0.1, 0.15) is 10.5 Å². The molecule has 0 aliphatic carbocycles. The lowest BCUT2D eigenvalue weighted by Gasteiger charge is -2.34. The van der Waals surface area contributed by atoms with Crippen LogP contribution in [0.15, 0.2) is 49.1 Å². The maximum atomic E-state index is 12.7. The molecule has 1 unspecified atom stereocenters. The number of amides is 2. The molecule has 5 rings (SSSR count). The minimum atomic E-state index is -0.548. The maximum Gasteiger partial charge on any atom is 0.410 e. The van der Waals surface area contributed by atoms with Crippen LogP contribution in [0.4, 0.5) is 16.4 Å². The number of aromatic nitrogens is 5. The van der Waals surface area contributed by atoms with Crippen molar-refractivity contribution in [1.82, 2.24) is 34.9 Å². The standard InChI is InChI=1S/C33H42N8O4S/c1-21-14-22(8-9-23(21)15-35-28(42)27-17-36-29(46-27)32(2,3)4)26-10-11-34-30(39-26)38-24-16-37-41(18-24)20-25-19-40(12-13-44-25)31(43)45-33(5,6)7/h8-11,14,16-18,25H,12-13,15,19-20H2,1-7H3,(H,35,42)(H,34,38,39). The van der Waals surface area contributed by atoms with Gasteiger partial charge in [-0.1, -0.05) is 32.9 Å². The minimum Gasteiger partial charge on any atom is -0.444 e. The van der Waals surface area contributed by atoms with Crippen LogP contribution in [0.5, 0.6) is 0 Å². The van der Waals surface area contributed by atoms with Crippen LogP contribution in [0.2, 0.25) is 0 Å². The number of thiazole rings is 1. The summed E-state index contributed by atoms with van der Waals surface area (Å²) in [6.07, 6.45) is 6.37. The van der Waals surface area contributed by atoms with E-state index in [9.17, 15) is 9.59 Å². The lowest BCUT2D eigenvalue weighted by Crippen LogP contribution is -2.48. The Balaban J connectivity index is 1.17. The first-order chi connectivity index (χ1) is 21.7. The molecule has 0 saturated carbocycles. The van der Waals surface area contributed by atoms with Crippen LogP contribution >= 0.6 is 11.3 Å². The number of carbonyl (C=O) groups excluding carboxylic acids is 2. The average Bonchev–Trinajstić information content (AvgIpc) is 3.66. The van der Waals surface area contributed by atoms with Gasteiger partial charge in [-0.2, -0.15) is 5.10 Å². The predicted molar refractivity (Wildman–Crippen MR) is 177 cm³/mol. The van der Waals surface area contributed by atoms with Crippen molar-refractivity contribution in [2.24, 2.45) is 0 Å². The number of carbonyl (C=O) groups is 2. The number of morpholine rings is 1. The normalized spacial score (nSPS) is 15.5. The topological polar surface area (TPSA) is 136 Å². The molecule has 46 heavy (non-hydrogen) atoms. The van der Waals surface area contributed by atoms with E-state index in [0.717, 1.165) is 33.1 Å². The summed E-state index contributed by atoms with van der Waals surface area (Å²) in [6, 6.07) is 7.92. The van der Waals surface area contributed by atoms with Crippen molar-refractivity contribution in [3.63, 3.8) is 0 Å². The number of aryl methyl sites for hydroxylation is 1. The second-order valence-corrected chi connectivity index (χ2v) is 14.4. The zero-order valence-electron chi connectivity index (χ0n) is 27.5. The highest BCUT2D eigenvalue weighted by Gasteiger charge is 2.28. The van der Waals surface area contributed by atoms with Gasteiger partial charge in [0.25, 0.3) is 5.91 Å². The van der Waals surface area contributed by atoms with Crippen molar-refractivity contribution < 1.29 is 19.1 Å². The van der Waals surface area contributed by atoms with Gasteiger partial charge >= 0.3 is 6.09 Å². The third-order valence-electron chi connectivity index (χ3n) is 7.17. The van der Waals surface area contributed by atoms with E-state index in [-0.39, 0.29) is 23.5 Å². The fourth-order valence-electron chi connectivity index (χ4n) is 4.81. The molecular formula is C33H42N8O4S. The second kappa shape index (κ2) is 13.6. The van der Waals surface area contributed by atoms with Crippen LogP contribution in [0.1, 0.15) is 67.3 Å². The summed E-state index contributed by atoms with van der Waals surface area (Å²) in [5.41, 5.74) is 3.86. The Bertz CT molecular complexity index is 1690. The van der Waals surface area contributed by atoms with Crippen molar-refractivity contribution >= 4 is 35.0 Å². The number of hydrogen-bond donors (Lipinski definition) is 2. The van der Waals surface area contributed by atoms with E-state index >= 15 is 0 Å². The Morgan fingerprint density at radius 2 is 1.91 bits per heavy atom. The molecule has 0 radical (unpaired) electrons. The Morgan fingerprint density at radius 3 is 2.63 bits per heavy atom. The number of nitrogens with zero attached hydrogens (tertiary/aromatic N) is 6. The zero-order valence-corrected chi connectivity index (χ0v) is 28.3. The van der Waals surface area contributed by atoms with Gasteiger partial charge in [-0.15, -0.1) is 11.3 Å². The van der Waals surface area contributed by atoms with Crippen molar-refractivity contribution in [1.29, 1.82) is 0 Å². The first-order valence-corrected chi connectivity index (χ1v) is 16.1. The molecule has 244 valence electrons. The van der Waals surface area contributed by atoms with E-state index in [4.69, 9.17) is 14.5 Å². The number of ether oxygens (including phenoxy) is 2. The summed E-state index contributed by atoms with van der Waals surface area (Å²) in [5, 5.41) is 11.6. The highest BCUT2D eigenvalue weighted by Crippen LogP contribution is 2.27. The van der Waals surface area contributed by atoms with Gasteiger partial charge in [-0.25, -0.2) is 19.7 Å². The smallest absolute Gasteiger partial charge is 0.410 e. The summed E-state index contributed by atoms with van der Waals surface area (Å²) < 4.78 is 13.2. The molecule has 4 aromatic rings. The summed E-state index contributed by atoms with van der Waals surface area (Å²) in [6.45, 7) is 16.1. The fraction of sp³-hybridized carbons (Fsp3) is 0.455. The van der Waals surface area contributed by atoms with E-state index in [0.29, 0.717) is 43.6 Å². The summed E-state index contributed by atoms with van der Waals surface area (Å²) >= 11 is 1.43. The number of hydrogen-bond acceptors (Lipinski definition) is 10. The molecule has 4 heterocycles. The van der Waals surface area contributed by atoms with Gasteiger partial charge < -0.3 is 25.0 Å². The number of benzene rings is 1. The molecular weight excluding hydrogens is 604 g/mol. The summed E-state index contributed by atoms with van der Waals surface area (Å²) in [7, 11) is 0. The van der Waals surface area contributed by atoms with Crippen molar-refractivity contribution in [2.75, 3.05) is 25.0 Å². The molecule has 1 aliphatic rings. The Hall–Kier alpha value is -4.36. The summed E-state index contributed by atoms with van der Waals surface area (Å²) in [5.74, 6) is 0.315. The van der Waals surface area contributed by atoms with E-state index in [1.807, 2.05) is 52.1 Å². The molecule has 1 fully saturated rings. The van der Waals surface area contributed by atoms with Crippen LogP contribution in [-0.2, 0) is 28.0 Å². The zero-order chi connectivity index (χ0) is 33.1. The SMILES string of the molecule is Cc1cc(-c2ccnc(Nc3cnn(CC4CN(C(=O)OC(C)(C)C)CCO4)c3)n2)ccc1CNC(=O)c1cnc(C(C)(C)C)s1. The molecule has 1 saturated heterocycles. The highest BCUT2D eigenvalue weighted by molar-refractivity contribution is 7.13. The molecule has 0 spiro atoms. The van der Waals surface area contributed by atoms with E-state index in [2.05, 4.69) is 52.5 Å². The monoisotopic (exact) mass is 646 g/mol. The molecule has 13 heteroatoms. The Labute approximate surface area is 273 Å². The molecule has 2 N–H and O–H groups in total. The lowest BCUT2D eigenvalue weighted by molar-refractivity contribution is -0.0483. The number of anilines is 2. The molecule has 0 bridgehead atoms. The molecule has 1 aromatic carbocycles. The van der Waals surface area contributed by atoms with Gasteiger partial charge in [0.2, 0.25) is 5.95 Å². The largest absolute Gasteiger partial charge is 0.444 e. The first kappa shape index (κ1) is 33.0. The molecule has 1 atom stereocenters. The Morgan fingerprint density at radius 1 is 1.11 bits per heavy atom. The second-order valence-electron chi connectivity index (χ2n) is 13.4. The van der Waals surface area contributed by atoms with Crippen LogP contribution in [0.25, 0.3) is 11.3 Å². The molecule has 12 nitrogen and oxygen atoms in total. The van der Waals surface area contributed by atoms with Gasteiger partial charge in [0.05, 0.1) is 54.6 Å². The van der Waals surface area contributed by atoms with Crippen LogP contribution in [0.3, 0.4) is 0 Å². The number of rotatable bonds is 8. The highest BCUT2D eigenvalue weighted by atomic mass is 32.1. The third kappa shape index (κ3) is 8.67. The maximum absolute atomic E-state index is 12.7. The quantitative estimate of drug-likeness (QED) is 0.247. The van der Waals surface area contributed by atoms with Gasteiger partial charge in [-0.3, -0.25) is 9.48 Å². The van der Waals surface area contributed by atoms with Crippen LogP contribution in [0, 0.1) is 6.92 Å². The average molecular weight is 647 g/mol. The first-order valence-electron chi connectivity index (χ1n) is 15.3. The summed E-state index contributed by atoms with van der Waals surface area (Å²) in [4.78, 5) is 41.0. The minimum absolute atomic E-state index is 0.0905. The van der Waals surface area contributed by atoms with Gasteiger partial charge in [-0.05, 0) is 51.0 Å². The third-order valence-corrected chi connectivity index (χ3v) is 8.60.